The van der Waals surface area contributed by atoms with Crippen LogP contribution in [0.4, 0.5) is 5.82 Å². The zero-order valence-electron chi connectivity index (χ0n) is 15.8. The minimum absolute atomic E-state index is 0.135. The molecule has 0 aromatic carbocycles. The number of anilines is 1. The monoisotopic (exact) mass is 359 g/mol. The van der Waals surface area contributed by atoms with Gasteiger partial charge in [-0.05, 0) is 50.7 Å². The zero-order valence-corrected chi connectivity index (χ0v) is 15.8. The van der Waals surface area contributed by atoms with Crippen molar-refractivity contribution in [2.45, 2.75) is 39.5 Å². The first-order valence-electron chi connectivity index (χ1n) is 9.75. The number of ether oxygens (including phenoxy) is 1. The van der Waals surface area contributed by atoms with Crippen LogP contribution >= 0.6 is 0 Å². The molecule has 0 saturated carbocycles. The van der Waals surface area contributed by atoms with E-state index in [0.717, 1.165) is 51.3 Å². The van der Waals surface area contributed by atoms with Crippen molar-refractivity contribution in [1.82, 2.24) is 9.88 Å². The number of esters is 1. The molecule has 142 valence electrons. The van der Waals surface area contributed by atoms with Crippen LogP contribution in [0.1, 0.15) is 49.9 Å². The molecule has 0 aliphatic carbocycles. The minimum Gasteiger partial charge on any atom is -0.462 e. The molecular formula is C20H29N3O3. The van der Waals surface area contributed by atoms with Crippen LogP contribution in [-0.2, 0) is 9.53 Å². The maximum absolute atomic E-state index is 12.8. The van der Waals surface area contributed by atoms with Crippen LogP contribution in [0.3, 0.4) is 0 Å². The number of carbonyl (C=O) groups excluding carboxylic acids is 2. The Kier molecular flexibility index (Phi) is 6.12. The highest BCUT2D eigenvalue weighted by Gasteiger charge is 2.30. The second-order valence-corrected chi connectivity index (χ2v) is 7.42. The fourth-order valence-corrected chi connectivity index (χ4v) is 3.91. The van der Waals surface area contributed by atoms with E-state index in [-0.39, 0.29) is 11.9 Å². The summed E-state index contributed by atoms with van der Waals surface area (Å²) in [6, 6.07) is 3.62. The molecule has 2 aliphatic rings. The third kappa shape index (κ3) is 4.34. The van der Waals surface area contributed by atoms with E-state index >= 15 is 0 Å². The summed E-state index contributed by atoms with van der Waals surface area (Å²) in [5, 5.41) is 0. The van der Waals surface area contributed by atoms with E-state index in [1.54, 1.807) is 19.2 Å². The Morgan fingerprint density at radius 2 is 1.96 bits per heavy atom. The fraction of sp³-hybridized carbons (Fsp3) is 0.650. The molecule has 0 radical (unpaired) electrons. The van der Waals surface area contributed by atoms with Crippen LogP contribution in [0.15, 0.2) is 18.3 Å². The van der Waals surface area contributed by atoms with Crippen LogP contribution in [-0.4, -0.2) is 54.5 Å². The second kappa shape index (κ2) is 8.52. The summed E-state index contributed by atoms with van der Waals surface area (Å²) in [6.45, 7) is 7.86. The number of rotatable bonds is 4. The van der Waals surface area contributed by atoms with E-state index in [2.05, 4.69) is 21.7 Å². The molecule has 2 aliphatic heterocycles. The molecular weight excluding hydrogens is 330 g/mol. The first-order valence-corrected chi connectivity index (χ1v) is 9.75. The predicted octanol–water partition coefficient (Wildman–Crippen LogP) is 2.73. The number of likely N-dealkylation sites (tertiary alicyclic amines) is 1. The number of pyridine rings is 1. The van der Waals surface area contributed by atoms with Crippen LogP contribution in [0.25, 0.3) is 0 Å². The largest absolute Gasteiger partial charge is 0.462 e. The molecule has 3 heterocycles. The Morgan fingerprint density at radius 1 is 1.19 bits per heavy atom. The van der Waals surface area contributed by atoms with Crippen molar-refractivity contribution >= 4 is 17.7 Å². The van der Waals surface area contributed by atoms with Gasteiger partial charge >= 0.3 is 5.97 Å². The molecule has 6 heteroatoms. The topological polar surface area (TPSA) is 62.7 Å². The molecule has 6 nitrogen and oxygen atoms in total. The Hall–Kier alpha value is -2.11. The molecule has 0 N–H and O–H groups in total. The normalized spacial score (nSPS) is 21.5. The molecule has 1 atom stereocenters. The van der Waals surface area contributed by atoms with Crippen molar-refractivity contribution in [3.63, 3.8) is 0 Å². The summed E-state index contributed by atoms with van der Waals surface area (Å²) in [7, 11) is 0. The molecule has 0 bridgehead atoms. The summed E-state index contributed by atoms with van der Waals surface area (Å²) in [4.78, 5) is 33.1. The first kappa shape index (κ1) is 18.7. The number of hydrogen-bond donors (Lipinski definition) is 0. The Morgan fingerprint density at radius 3 is 2.58 bits per heavy atom. The number of piperidine rings is 2. The van der Waals surface area contributed by atoms with Gasteiger partial charge in [0.15, 0.2) is 0 Å². The lowest BCUT2D eigenvalue weighted by molar-refractivity contribution is -0.137. The van der Waals surface area contributed by atoms with E-state index in [0.29, 0.717) is 24.0 Å². The van der Waals surface area contributed by atoms with Gasteiger partial charge in [0.1, 0.15) is 5.82 Å². The molecule has 1 amide bonds. The lowest BCUT2D eigenvalue weighted by Crippen LogP contribution is -2.46. The molecule has 1 aromatic heterocycles. The van der Waals surface area contributed by atoms with E-state index in [1.165, 1.54) is 6.42 Å². The van der Waals surface area contributed by atoms with Crippen LogP contribution < -0.4 is 4.90 Å². The Balaban J connectivity index is 1.53. The van der Waals surface area contributed by atoms with Gasteiger partial charge in [0.25, 0.3) is 0 Å². The van der Waals surface area contributed by atoms with E-state index in [9.17, 15) is 9.59 Å². The van der Waals surface area contributed by atoms with E-state index in [4.69, 9.17) is 4.74 Å². The van der Waals surface area contributed by atoms with Gasteiger partial charge in [-0.3, -0.25) is 4.79 Å². The smallest absolute Gasteiger partial charge is 0.339 e. The lowest BCUT2D eigenvalue weighted by atomic mass is 9.93. The summed E-state index contributed by atoms with van der Waals surface area (Å²) in [6.07, 6.45) is 5.66. The van der Waals surface area contributed by atoms with Crippen LogP contribution in [0.2, 0.25) is 0 Å². The second-order valence-electron chi connectivity index (χ2n) is 7.42. The van der Waals surface area contributed by atoms with Gasteiger partial charge in [0.2, 0.25) is 5.91 Å². The Labute approximate surface area is 155 Å². The molecule has 1 aromatic rings. The van der Waals surface area contributed by atoms with Gasteiger partial charge in [-0.1, -0.05) is 6.92 Å². The summed E-state index contributed by atoms with van der Waals surface area (Å²) >= 11 is 0. The van der Waals surface area contributed by atoms with Crippen LogP contribution in [0.5, 0.6) is 0 Å². The molecule has 0 unspecified atom stereocenters. The average molecular weight is 359 g/mol. The number of aromatic nitrogens is 1. The maximum Gasteiger partial charge on any atom is 0.339 e. The third-order valence-electron chi connectivity index (χ3n) is 5.40. The number of amides is 1. The van der Waals surface area contributed by atoms with Crippen molar-refractivity contribution in [2.75, 3.05) is 37.7 Å². The molecule has 3 rings (SSSR count). The third-order valence-corrected chi connectivity index (χ3v) is 5.40. The lowest BCUT2D eigenvalue weighted by Gasteiger charge is -2.37. The highest BCUT2D eigenvalue weighted by atomic mass is 16.5. The van der Waals surface area contributed by atoms with Gasteiger partial charge in [-0.25, -0.2) is 9.78 Å². The van der Waals surface area contributed by atoms with Gasteiger partial charge in [-0.2, -0.15) is 0 Å². The van der Waals surface area contributed by atoms with Gasteiger partial charge in [0.05, 0.1) is 12.2 Å². The van der Waals surface area contributed by atoms with Crippen molar-refractivity contribution in [2.24, 2.45) is 11.8 Å². The fourth-order valence-electron chi connectivity index (χ4n) is 3.91. The van der Waals surface area contributed by atoms with Crippen LogP contribution in [0, 0.1) is 11.8 Å². The van der Waals surface area contributed by atoms with E-state index < -0.39 is 0 Å². The number of carbonyl (C=O) groups is 2. The quantitative estimate of drug-likeness (QED) is 0.774. The molecule has 0 spiro atoms. The summed E-state index contributed by atoms with van der Waals surface area (Å²) in [5.74, 6) is 1.61. The number of hydrogen-bond acceptors (Lipinski definition) is 5. The SMILES string of the molecule is CCOC(=O)c1ccc(N2CCC(C(=O)N3CCC[C@H](C)C3)CC2)nc1. The average Bonchev–Trinajstić information content (AvgIpc) is 2.68. The molecule has 2 fully saturated rings. The molecule has 2 saturated heterocycles. The standard InChI is InChI=1S/C20H29N3O3/c1-3-26-20(25)17-6-7-18(21-13-17)22-11-8-16(9-12-22)19(24)23-10-4-5-15(2)14-23/h6-7,13,15-16H,3-5,8-12,14H2,1-2H3/t15-/m0/s1. The maximum atomic E-state index is 12.8. The van der Waals surface area contributed by atoms with Crippen molar-refractivity contribution < 1.29 is 14.3 Å². The number of nitrogens with zero attached hydrogens (tertiary/aromatic N) is 3. The highest BCUT2D eigenvalue weighted by molar-refractivity contribution is 5.89. The Bertz CT molecular complexity index is 624. The first-order chi connectivity index (χ1) is 12.6. The molecule has 26 heavy (non-hydrogen) atoms. The summed E-state index contributed by atoms with van der Waals surface area (Å²) < 4.78 is 4.98. The zero-order chi connectivity index (χ0) is 18.5. The van der Waals surface area contributed by atoms with Gasteiger partial charge < -0.3 is 14.5 Å². The van der Waals surface area contributed by atoms with Gasteiger partial charge in [-0.15, -0.1) is 0 Å². The van der Waals surface area contributed by atoms with Crippen molar-refractivity contribution in [3.8, 4) is 0 Å². The highest BCUT2D eigenvalue weighted by Crippen LogP contribution is 2.25. The summed E-state index contributed by atoms with van der Waals surface area (Å²) in [5.41, 5.74) is 0.472. The van der Waals surface area contributed by atoms with Crippen molar-refractivity contribution in [3.05, 3.63) is 23.9 Å². The van der Waals surface area contributed by atoms with Gasteiger partial charge in [0, 0.05) is 38.3 Å². The van der Waals surface area contributed by atoms with E-state index in [1.807, 2.05) is 6.07 Å². The van der Waals surface area contributed by atoms with Crippen molar-refractivity contribution in [1.29, 1.82) is 0 Å². The predicted molar refractivity (Wildman–Crippen MR) is 100 cm³/mol. The minimum atomic E-state index is -0.341.